The molecular formula is C63H38S. The summed E-state index contributed by atoms with van der Waals surface area (Å²) in [5.41, 5.74) is 26.2. The number of benzene rings is 10. The van der Waals surface area contributed by atoms with Crippen molar-refractivity contribution in [2.75, 3.05) is 0 Å². The van der Waals surface area contributed by atoms with Crippen LogP contribution < -0.4 is 0 Å². The van der Waals surface area contributed by atoms with Gasteiger partial charge in [0.15, 0.2) is 0 Å². The van der Waals surface area contributed by atoms with E-state index in [0.717, 1.165) is 6.42 Å². The third-order valence-electron chi connectivity index (χ3n) is 15.4. The van der Waals surface area contributed by atoms with Crippen LogP contribution >= 0.6 is 11.3 Å². The van der Waals surface area contributed by atoms with Gasteiger partial charge in [-0.05, 0) is 154 Å². The Bertz CT molecular complexity index is 3730. The maximum Gasteiger partial charge on any atom is 0.0725 e. The highest BCUT2D eigenvalue weighted by atomic mass is 32.1. The molecule has 0 unspecified atom stereocenters. The summed E-state index contributed by atoms with van der Waals surface area (Å²) >= 11 is 1.90. The molecule has 15 rings (SSSR count). The summed E-state index contributed by atoms with van der Waals surface area (Å²) in [4.78, 5) is 0. The Balaban J connectivity index is 0.892. The minimum absolute atomic E-state index is 0.360. The highest BCUT2D eigenvalue weighted by Crippen LogP contribution is 2.63. The number of fused-ring (bicyclic) bond motifs is 22. The summed E-state index contributed by atoms with van der Waals surface area (Å²) in [5.74, 6) is 0. The Kier molecular flexibility index (Phi) is 6.85. The van der Waals surface area contributed by atoms with E-state index in [-0.39, 0.29) is 10.8 Å². The average Bonchev–Trinajstić information content (AvgIpc) is 4.06. The van der Waals surface area contributed by atoms with Crippen LogP contribution in [-0.2, 0) is 17.3 Å². The van der Waals surface area contributed by atoms with Crippen molar-refractivity contribution < 1.29 is 0 Å². The fourth-order valence-electron chi connectivity index (χ4n) is 12.9. The zero-order valence-corrected chi connectivity index (χ0v) is 35.7. The summed E-state index contributed by atoms with van der Waals surface area (Å²) in [5, 5.41) is 2.63. The molecule has 11 aromatic rings. The fraction of sp³-hybridized carbons (Fsp3) is 0.0476. The standard InChI is InChI=1S/C63H38S/c1-7-19-52-42(13-1)33-43-26-25-40(36-58(43)62(52)53-20-8-2-14-44(53)45-15-3-9-21-54(45)62)38-28-31-60-50(34-38)51-35-39(29-32-61(51)64-60)41-27-30-49-48-18-6-12-24-57(48)63(59(49)37-41)55-22-10-4-16-46(55)47-17-5-11-23-56(47)63/h1-32,34-37H,33H2. The van der Waals surface area contributed by atoms with Crippen LogP contribution in [0.3, 0.4) is 0 Å². The summed E-state index contributed by atoms with van der Waals surface area (Å²) in [7, 11) is 0. The zero-order valence-electron chi connectivity index (χ0n) is 34.9. The van der Waals surface area contributed by atoms with E-state index in [1.54, 1.807) is 0 Å². The van der Waals surface area contributed by atoms with Crippen molar-refractivity contribution in [2.45, 2.75) is 17.3 Å². The van der Waals surface area contributed by atoms with E-state index in [4.69, 9.17) is 0 Å². The van der Waals surface area contributed by atoms with E-state index in [9.17, 15) is 0 Å². The second kappa shape index (κ2) is 12.5. The minimum Gasteiger partial charge on any atom is -0.135 e. The molecule has 64 heavy (non-hydrogen) atoms. The SMILES string of the molecule is c1ccc2c(c1)Cc1ccc(-c3ccc4sc5ccc(-c6ccc7c(c6)C6(c8ccccc8-c8ccccc86)c6ccccc6-7)cc5c4c3)cc1C21c2ccccc2-c2ccccc21. The van der Waals surface area contributed by atoms with Crippen molar-refractivity contribution in [3.8, 4) is 55.6 Å². The van der Waals surface area contributed by atoms with Crippen LogP contribution in [-0.4, -0.2) is 0 Å². The van der Waals surface area contributed by atoms with Gasteiger partial charge in [-0.1, -0.05) is 182 Å². The second-order valence-corrected chi connectivity index (χ2v) is 19.3. The smallest absolute Gasteiger partial charge is 0.0725 e. The molecule has 1 heteroatoms. The predicted octanol–water partition coefficient (Wildman–Crippen LogP) is 16.0. The third kappa shape index (κ3) is 4.28. The normalized spacial score (nSPS) is 14.8. The molecule has 0 atom stereocenters. The molecule has 0 saturated heterocycles. The molecule has 0 fully saturated rings. The van der Waals surface area contributed by atoms with Gasteiger partial charge in [0, 0.05) is 20.2 Å². The Hall–Kier alpha value is -7.58. The van der Waals surface area contributed by atoms with Crippen LogP contribution in [0.25, 0.3) is 75.8 Å². The van der Waals surface area contributed by atoms with Gasteiger partial charge in [-0.2, -0.15) is 0 Å². The largest absolute Gasteiger partial charge is 0.135 e. The highest BCUT2D eigenvalue weighted by Gasteiger charge is 2.52. The predicted molar refractivity (Wildman–Crippen MR) is 267 cm³/mol. The lowest BCUT2D eigenvalue weighted by atomic mass is 9.61. The van der Waals surface area contributed by atoms with Crippen LogP contribution in [0.4, 0.5) is 0 Å². The number of hydrogen-bond acceptors (Lipinski definition) is 1. The van der Waals surface area contributed by atoms with Crippen LogP contribution in [0.5, 0.6) is 0 Å². The van der Waals surface area contributed by atoms with Gasteiger partial charge in [0.2, 0.25) is 0 Å². The van der Waals surface area contributed by atoms with E-state index in [1.807, 2.05) is 11.3 Å². The topological polar surface area (TPSA) is 0 Å². The molecule has 0 bridgehead atoms. The van der Waals surface area contributed by atoms with Gasteiger partial charge in [-0.25, -0.2) is 0 Å². The Morgan fingerprint density at radius 2 is 0.609 bits per heavy atom. The summed E-state index contributed by atoms with van der Waals surface area (Å²) < 4.78 is 2.64. The molecule has 0 saturated carbocycles. The zero-order chi connectivity index (χ0) is 41.7. The van der Waals surface area contributed by atoms with Crippen molar-refractivity contribution in [1.29, 1.82) is 0 Å². The lowest BCUT2D eigenvalue weighted by Crippen LogP contribution is -2.34. The molecule has 0 amide bonds. The maximum atomic E-state index is 2.53. The van der Waals surface area contributed by atoms with Gasteiger partial charge in [-0.3, -0.25) is 0 Å². The van der Waals surface area contributed by atoms with E-state index < -0.39 is 0 Å². The number of rotatable bonds is 2. The van der Waals surface area contributed by atoms with Gasteiger partial charge in [0.25, 0.3) is 0 Å². The number of thiophene rings is 1. The molecule has 4 aliphatic carbocycles. The molecule has 4 aliphatic rings. The molecule has 296 valence electrons. The molecule has 1 aromatic heterocycles. The van der Waals surface area contributed by atoms with Crippen molar-refractivity contribution >= 4 is 31.5 Å². The third-order valence-corrected chi connectivity index (χ3v) is 16.6. The molecule has 1 heterocycles. The highest BCUT2D eigenvalue weighted by molar-refractivity contribution is 7.25. The first-order chi connectivity index (χ1) is 31.7. The van der Waals surface area contributed by atoms with Crippen LogP contribution in [0.15, 0.2) is 218 Å². The van der Waals surface area contributed by atoms with Crippen LogP contribution in [0.2, 0.25) is 0 Å². The van der Waals surface area contributed by atoms with Gasteiger partial charge >= 0.3 is 0 Å². The molecule has 2 spiro atoms. The first-order valence-corrected chi connectivity index (χ1v) is 23.3. The minimum atomic E-state index is -0.375. The Morgan fingerprint density at radius 1 is 0.266 bits per heavy atom. The summed E-state index contributed by atoms with van der Waals surface area (Å²) in [6.45, 7) is 0. The molecule has 0 aliphatic heterocycles. The van der Waals surface area contributed by atoms with E-state index in [2.05, 4.69) is 218 Å². The Morgan fingerprint density at radius 3 is 1.11 bits per heavy atom. The maximum absolute atomic E-state index is 2.53. The van der Waals surface area contributed by atoms with E-state index in [0.29, 0.717) is 0 Å². The van der Waals surface area contributed by atoms with Crippen LogP contribution in [0, 0.1) is 0 Å². The number of hydrogen-bond donors (Lipinski definition) is 0. The molecular weight excluding hydrogens is 789 g/mol. The fourth-order valence-corrected chi connectivity index (χ4v) is 13.9. The second-order valence-electron chi connectivity index (χ2n) is 18.2. The summed E-state index contributed by atoms with van der Waals surface area (Å²) in [6.07, 6.45) is 0.934. The van der Waals surface area contributed by atoms with Crippen molar-refractivity contribution in [1.82, 2.24) is 0 Å². The van der Waals surface area contributed by atoms with Gasteiger partial charge in [-0.15, -0.1) is 11.3 Å². The quantitative estimate of drug-likeness (QED) is 0.163. The van der Waals surface area contributed by atoms with Crippen molar-refractivity contribution in [3.05, 3.63) is 274 Å². The van der Waals surface area contributed by atoms with E-state index >= 15 is 0 Å². The average molecular weight is 827 g/mol. The Labute approximate surface area is 376 Å². The van der Waals surface area contributed by atoms with Crippen molar-refractivity contribution in [3.63, 3.8) is 0 Å². The monoisotopic (exact) mass is 826 g/mol. The molecule has 10 aromatic carbocycles. The van der Waals surface area contributed by atoms with Gasteiger partial charge in [0.05, 0.1) is 10.8 Å². The van der Waals surface area contributed by atoms with Crippen molar-refractivity contribution in [2.24, 2.45) is 0 Å². The molecule has 0 N–H and O–H groups in total. The van der Waals surface area contributed by atoms with Crippen LogP contribution in [0.1, 0.15) is 55.6 Å². The molecule has 0 nitrogen and oxygen atoms in total. The lowest BCUT2D eigenvalue weighted by Gasteiger charge is -2.40. The first-order valence-electron chi connectivity index (χ1n) is 22.5. The summed E-state index contributed by atoms with van der Waals surface area (Å²) in [6, 6.07) is 83.5. The lowest BCUT2D eigenvalue weighted by molar-refractivity contribution is 0.722. The first kappa shape index (κ1) is 34.9. The van der Waals surface area contributed by atoms with Gasteiger partial charge < -0.3 is 0 Å². The van der Waals surface area contributed by atoms with E-state index in [1.165, 1.54) is 131 Å². The van der Waals surface area contributed by atoms with Gasteiger partial charge in [0.1, 0.15) is 0 Å². The molecule has 0 radical (unpaired) electrons.